The Bertz CT molecular complexity index is 740. The molecule has 3 rings (SSSR count). The van der Waals surface area contributed by atoms with Gasteiger partial charge in [0.05, 0.1) is 11.0 Å². The highest BCUT2D eigenvalue weighted by Gasteiger charge is 2.20. The van der Waals surface area contributed by atoms with E-state index in [1.165, 1.54) is 6.07 Å². The number of ether oxygens (including phenoxy) is 1. The quantitative estimate of drug-likeness (QED) is 0.500. The van der Waals surface area contributed by atoms with Crippen LogP contribution in [0.3, 0.4) is 0 Å². The molecule has 0 saturated carbocycles. The van der Waals surface area contributed by atoms with Gasteiger partial charge in [-0.2, -0.15) is 0 Å². The van der Waals surface area contributed by atoms with Crippen LogP contribution in [0, 0.1) is 10.1 Å². The van der Waals surface area contributed by atoms with Gasteiger partial charge in [0.1, 0.15) is 5.69 Å². The van der Waals surface area contributed by atoms with Crippen LogP contribution in [0.5, 0.6) is 0 Å². The Labute approximate surface area is 139 Å². The third kappa shape index (κ3) is 3.60. The second kappa shape index (κ2) is 7.23. The molecule has 1 N–H and O–H groups in total. The Morgan fingerprint density at radius 3 is 2.67 bits per heavy atom. The summed E-state index contributed by atoms with van der Waals surface area (Å²) in [7, 11) is 0. The lowest BCUT2D eigenvalue weighted by Gasteiger charge is -2.12. The molecule has 2 aromatic rings. The number of anilines is 1. The highest BCUT2D eigenvalue weighted by atomic mass is 16.6. The lowest BCUT2D eigenvalue weighted by molar-refractivity contribution is -0.384. The number of nitro benzene ring substituents is 1. The maximum Gasteiger partial charge on any atom is 0.293 e. The van der Waals surface area contributed by atoms with Crippen molar-refractivity contribution in [2.45, 2.75) is 18.9 Å². The predicted molar refractivity (Wildman–Crippen MR) is 90.4 cm³/mol. The SMILES string of the molecule is O=C(c1ccccc1)c1ccc(NCC2CCCO2)c([N+](=O)[O-])c1. The molecule has 1 aliphatic rings. The van der Waals surface area contributed by atoms with E-state index in [1.807, 2.05) is 6.07 Å². The molecule has 6 nitrogen and oxygen atoms in total. The van der Waals surface area contributed by atoms with Crippen molar-refractivity contribution < 1.29 is 14.5 Å². The molecule has 1 fully saturated rings. The predicted octanol–water partition coefficient (Wildman–Crippen LogP) is 3.42. The molecule has 1 unspecified atom stereocenters. The topological polar surface area (TPSA) is 81.5 Å². The van der Waals surface area contributed by atoms with E-state index in [2.05, 4.69) is 5.32 Å². The van der Waals surface area contributed by atoms with Crippen molar-refractivity contribution in [1.82, 2.24) is 0 Å². The van der Waals surface area contributed by atoms with Gasteiger partial charge in [0.15, 0.2) is 5.78 Å². The van der Waals surface area contributed by atoms with Gasteiger partial charge in [-0.15, -0.1) is 0 Å². The van der Waals surface area contributed by atoms with Crippen molar-refractivity contribution in [3.63, 3.8) is 0 Å². The van der Waals surface area contributed by atoms with Crippen LogP contribution in [0.4, 0.5) is 11.4 Å². The summed E-state index contributed by atoms with van der Waals surface area (Å²) < 4.78 is 5.51. The van der Waals surface area contributed by atoms with E-state index < -0.39 is 4.92 Å². The summed E-state index contributed by atoms with van der Waals surface area (Å²) in [5, 5.41) is 14.4. The van der Waals surface area contributed by atoms with Crippen LogP contribution < -0.4 is 5.32 Å². The minimum atomic E-state index is -0.473. The average Bonchev–Trinajstić information content (AvgIpc) is 3.13. The third-order valence-electron chi connectivity index (χ3n) is 4.04. The standard InChI is InChI=1S/C18H18N2O4/c21-18(13-5-2-1-3-6-13)14-8-9-16(17(11-14)20(22)23)19-12-15-7-4-10-24-15/h1-3,5-6,8-9,11,15,19H,4,7,10,12H2. The normalized spacial score (nSPS) is 16.8. The van der Waals surface area contributed by atoms with Crippen LogP contribution in [-0.2, 0) is 4.74 Å². The first-order valence-electron chi connectivity index (χ1n) is 7.89. The highest BCUT2D eigenvalue weighted by molar-refractivity contribution is 6.09. The first-order chi connectivity index (χ1) is 11.6. The van der Waals surface area contributed by atoms with E-state index in [0.29, 0.717) is 23.4 Å². The van der Waals surface area contributed by atoms with Gasteiger partial charge in [0, 0.05) is 30.3 Å². The minimum Gasteiger partial charge on any atom is -0.377 e. The molecule has 0 radical (unpaired) electrons. The van der Waals surface area contributed by atoms with E-state index in [4.69, 9.17) is 4.74 Å². The molecule has 0 aliphatic carbocycles. The van der Waals surface area contributed by atoms with Crippen LogP contribution >= 0.6 is 0 Å². The number of nitrogens with one attached hydrogen (secondary N) is 1. The van der Waals surface area contributed by atoms with Crippen LogP contribution in [0.1, 0.15) is 28.8 Å². The fourth-order valence-electron chi connectivity index (χ4n) is 2.76. The van der Waals surface area contributed by atoms with Crippen molar-refractivity contribution in [1.29, 1.82) is 0 Å². The zero-order valence-corrected chi connectivity index (χ0v) is 13.1. The Morgan fingerprint density at radius 1 is 1.21 bits per heavy atom. The number of nitrogens with zero attached hydrogens (tertiary/aromatic N) is 1. The molecular weight excluding hydrogens is 308 g/mol. The monoisotopic (exact) mass is 326 g/mol. The number of hydrogen-bond acceptors (Lipinski definition) is 5. The molecule has 1 atom stereocenters. The van der Waals surface area contributed by atoms with Gasteiger partial charge in [-0.3, -0.25) is 14.9 Å². The molecular formula is C18H18N2O4. The molecule has 124 valence electrons. The van der Waals surface area contributed by atoms with Gasteiger partial charge in [-0.25, -0.2) is 0 Å². The molecule has 1 heterocycles. The summed E-state index contributed by atoms with van der Waals surface area (Å²) in [6, 6.07) is 13.3. The summed E-state index contributed by atoms with van der Waals surface area (Å²) in [5.41, 5.74) is 1.11. The highest BCUT2D eigenvalue weighted by Crippen LogP contribution is 2.27. The van der Waals surface area contributed by atoms with E-state index in [1.54, 1.807) is 36.4 Å². The number of nitro groups is 1. The Morgan fingerprint density at radius 2 is 2.00 bits per heavy atom. The van der Waals surface area contributed by atoms with Crippen molar-refractivity contribution in [3.05, 3.63) is 69.8 Å². The largest absolute Gasteiger partial charge is 0.377 e. The second-order valence-electron chi connectivity index (χ2n) is 5.70. The van der Waals surface area contributed by atoms with E-state index >= 15 is 0 Å². The maximum absolute atomic E-state index is 12.4. The summed E-state index contributed by atoms with van der Waals surface area (Å²) in [6.45, 7) is 1.26. The van der Waals surface area contributed by atoms with Crippen LogP contribution in [-0.4, -0.2) is 30.0 Å². The van der Waals surface area contributed by atoms with Gasteiger partial charge >= 0.3 is 0 Å². The van der Waals surface area contributed by atoms with Crippen molar-refractivity contribution in [2.24, 2.45) is 0 Å². The Kier molecular flexibility index (Phi) is 4.86. The van der Waals surface area contributed by atoms with Crippen molar-refractivity contribution in [2.75, 3.05) is 18.5 Å². The van der Waals surface area contributed by atoms with Crippen LogP contribution in [0.2, 0.25) is 0 Å². The van der Waals surface area contributed by atoms with Gasteiger partial charge < -0.3 is 10.1 Å². The fraction of sp³-hybridized carbons (Fsp3) is 0.278. The van der Waals surface area contributed by atoms with Crippen LogP contribution in [0.15, 0.2) is 48.5 Å². The zero-order chi connectivity index (χ0) is 16.9. The fourth-order valence-corrected chi connectivity index (χ4v) is 2.76. The second-order valence-corrected chi connectivity index (χ2v) is 5.70. The van der Waals surface area contributed by atoms with Crippen molar-refractivity contribution in [3.8, 4) is 0 Å². The Balaban J connectivity index is 1.81. The summed E-state index contributed by atoms with van der Waals surface area (Å²) in [4.78, 5) is 23.3. The summed E-state index contributed by atoms with van der Waals surface area (Å²) in [6.07, 6.45) is 2.04. The smallest absolute Gasteiger partial charge is 0.293 e. The average molecular weight is 326 g/mol. The van der Waals surface area contributed by atoms with E-state index in [-0.39, 0.29) is 17.6 Å². The molecule has 0 bridgehead atoms. The first-order valence-corrected chi connectivity index (χ1v) is 7.89. The van der Waals surface area contributed by atoms with E-state index in [0.717, 1.165) is 19.4 Å². The molecule has 0 aromatic heterocycles. The Hall–Kier alpha value is -2.73. The lowest BCUT2D eigenvalue weighted by Crippen LogP contribution is -2.19. The number of hydrogen-bond donors (Lipinski definition) is 1. The molecule has 1 saturated heterocycles. The first kappa shape index (κ1) is 16.1. The molecule has 1 aliphatic heterocycles. The number of carbonyl (C=O) groups is 1. The molecule has 6 heteroatoms. The van der Waals surface area contributed by atoms with Gasteiger partial charge in [-0.05, 0) is 25.0 Å². The third-order valence-corrected chi connectivity index (χ3v) is 4.04. The van der Waals surface area contributed by atoms with E-state index in [9.17, 15) is 14.9 Å². The van der Waals surface area contributed by atoms with Gasteiger partial charge in [0.2, 0.25) is 0 Å². The summed E-state index contributed by atoms with van der Waals surface area (Å²) >= 11 is 0. The molecule has 2 aromatic carbocycles. The molecule has 0 spiro atoms. The number of carbonyl (C=O) groups excluding carboxylic acids is 1. The van der Waals surface area contributed by atoms with Crippen LogP contribution in [0.25, 0.3) is 0 Å². The number of benzene rings is 2. The maximum atomic E-state index is 12.4. The molecule has 0 amide bonds. The van der Waals surface area contributed by atoms with Crippen molar-refractivity contribution >= 4 is 17.2 Å². The number of ketones is 1. The zero-order valence-electron chi connectivity index (χ0n) is 13.1. The number of rotatable bonds is 6. The van der Waals surface area contributed by atoms with Gasteiger partial charge in [0.25, 0.3) is 5.69 Å². The lowest BCUT2D eigenvalue weighted by atomic mass is 10.0. The van der Waals surface area contributed by atoms with Gasteiger partial charge in [-0.1, -0.05) is 30.3 Å². The summed E-state index contributed by atoms with van der Waals surface area (Å²) in [5.74, 6) is -0.232. The minimum absolute atomic E-state index is 0.0789. The molecule has 24 heavy (non-hydrogen) atoms.